The maximum absolute atomic E-state index is 10.8. The molecule has 3 rings (SSSR count). The third-order valence-electron chi connectivity index (χ3n) is 4.04. The van der Waals surface area contributed by atoms with E-state index in [0.29, 0.717) is 0 Å². The monoisotopic (exact) mass is 286 g/mol. The van der Waals surface area contributed by atoms with Gasteiger partial charge in [-0.2, -0.15) is 0 Å². The van der Waals surface area contributed by atoms with E-state index in [9.17, 15) is 10.1 Å². The number of aromatic nitrogens is 1. The van der Waals surface area contributed by atoms with Gasteiger partial charge in [-0.1, -0.05) is 12.8 Å². The van der Waals surface area contributed by atoms with Gasteiger partial charge in [-0.05, 0) is 31.0 Å². The van der Waals surface area contributed by atoms with E-state index in [2.05, 4.69) is 10.3 Å². The second-order valence-electron chi connectivity index (χ2n) is 5.53. The Hall–Kier alpha value is -2.21. The van der Waals surface area contributed by atoms with Crippen LogP contribution in [0.15, 0.2) is 30.3 Å². The highest BCUT2D eigenvalue weighted by molar-refractivity contribution is 5.82. The number of fused-ring (bicyclic) bond motifs is 1. The highest BCUT2D eigenvalue weighted by Crippen LogP contribution is 2.24. The van der Waals surface area contributed by atoms with Crippen molar-refractivity contribution in [3.63, 3.8) is 0 Å². The molecule has 1 heterocycles. The van der Waals surface area contributed by atoms with Gasteiger partial charge in [0.15, 0.2) is 0 Å². The molecule has 3 N–H and O–H groups in total. The molecule has 2 unspecified atom stereocenters. The predicted molar refractivity (Wildman–Crippen MR) is 82.3 cm³/mol. The Morgan fingerprint density at radius 3 is 2.81 bits per heavy atom. The highest BCUT2D eigenvalue weighted by Gasteiger charge is 2.21. The van der Waals surface area contributed by atoms with Gasteiger partial charge >= 0.3 is 0 Å². The van der Waals surface area contributed by atoms with E-state index >= 15 is 0 Å². The Kier molecular flexibility index (Phi) is 3.70. The first kappa shape index (κ1) is 13.8. The summed E-state index contributed by atoms with van der Waals surface area (Å²) in [7, 11) is 0. The largest absolute Gasteiger partial charge is 0.366 e. The van der Waals surface area contributed by atoms with Crippen LogP contribution in [0, 0.1) is 10.1 Å². The molecule has 0 saturated heterocycles. The van der Waals surface area contributed by atoms with Crippen molar-refractivity contribution in [2.75, 3.05) is 5.32 Å². The standard InChI is InChI=1S/C15H18N4O2/c16-12-3-1-2-4-14(12)18-15-8-5-10-9-11(19(20)21)6-7-13(10)17-15/h5-9,12,14H,1-4,16H2,(H,17,18). The number of benzene rings is 1. The molecule has 1 saturated carbocycles. The molecule has 1 aliphatic rings. The van der Waals surface area contributed by atoms with E-state index in [-0.39, 0.29) is 17.8 Å². The van der Waals surface area contributed by atoms with Crippen LogP contribution in [0.25, 0.3) is 10.9 Å². The first-order valence-corrected chi connectivity index (χ1v) is 7.21. The third-order valence-corrected chi connectivity index (χ3v) is 4.04. The summed E-state index contributed by atoms with van der Waals surface area (Å²) < 4.78 is 0. The van der Waals surface area contributed by atoms with Crippen molar-refractivity contribution in [1.82, 2.24) is 4.98 Å². The summed E-state index contributed by atoms with van der Waals surface area (Å²) in [4.78, 5) is 14.9. The number of rotatable bonds is 3. The molecule has 1 aromatic carbocycles. The van der Waals surface area contributed by atoms with E-state index in [0.717, 1.165) is 29.6 Å². The van der Waals surface area contributed by atoms with Crippen LogP contribution in [0.1, 0.15) is 25.7 Å². The molecule has 2 aromatic rings. The minimum atomic E-state index is -0.396. The Morgan fingerprint density at radius 1 is 1.24 bits per heavy atom. The lowest BCUT2D eigenvalue weighted by molar-refractivity contribution is -0.384. The second kappa shape index (κ2) is 5.65. The number of pyridine rings is 1. The summed E-state index contributed by atoms with van der Waals surface area (Å²) >= 11 is 0. The minimum Gasteiger partial charge on any atom is -0.366 e. The third kappa shape index (κ3) is 2.95. The molecular formula is C15H18N4O2. The van der Waals surface area contributed by atoms with E-state index in [4.69, 9.17) is 5.73 Å². The number of nitro groups is 1. The number of anilines is 1. The molecule has 0 bridgehead atoms. The van der Waals surface area contributed by atoms with E-state index in [1.54, 1.807) is 12.1 Å². The van der Waals surface area contributed by atoms with Crippen LogP contribution in [-0.4, -0.2) is 22.0 Å². The van der Waals surface area contributed by atoms with Gasteiger partial charge in [-0.15, -0.1) is 0 Å². The predicted octanol–water partition coefficient (Wildman–Crippen LogP) is 2.82. The van der Waals surface area contributed by atoms with Crippen LogP contribution in [0.4, 0.5) is 11.5 Å². The van der Waals surface area contributed by atoms with Crippen LogP contribution < -0.4 is 11.1 Å². The van der Waals surface area contributed by atoms with Crippen LogP contribution >= 0.6 is 0 Å². The number of hydrogen-bond acceptors (Lipinski definition) is 5. The maximum atomic E-state index is 10.8. The fraction of sp³-hybridized carbons (Fsp3) is 0.400. The van der Waals surface area contributed by atoms with Crippen molar-refractivity contribution < 1.29 is 4.92 Å². The normalized spacial score (nSPS) is 22.1. The Labute approximate surface area is 122 Å². The molecule has 1 fully saturated rings. The second-order valence-corrected chi connectivity index (χ2v) is 5.53. The average Bonchev–Trinajstić information content (AvgIpc) is 2.49. The highest BCUT2D eigenvalue weighted by atomic mass is 16.6. The molecule has 21 heavy (non-hydrogen) atoms. The van der Waals surface area contributed by atoms with Crippen molar-refractivity contribution in [2.45, 2.75) is 37.8 Å². The van der Waals surface area contributed by atoms with Crippen LogP contribution in [0.3, 0.4) is 0 Å². The molecular weight excluding hydrogens is 268 g/mol. The van der Waals surface area contributed by atoms with E-state index in [1.165, 1.54) is 18.9 Å². The number of nitro benzene ring substituents is 1. The summed E-state index contributed by atoms with van der Waals surface area (Å²) in [5.41, 5.74) is 6.96. The fourth-order valence-electron chi connectivity index (χ4n) is 2.84. The summed E-state index contributed by atoms with van der Waals surface area (Å²) in [5.74, 6) is 0.777. The number of non-ortho nitro benzene ring substituents is 1. The Bertz CT molecular complexity index is 674. The van der Waals surface area contributed by atoms with Crippen LogP contribution in [0.5, 0.6) is 0 Å². The number of nitrogens with two attached hydrogens (primary N) is 1. The molecule has 110 valence electrons. The molecule has 0 spiro atoms. The zero-order chi connectivity index (χ0) is 14.8. The van der Waals surface area contributed by atoms with Gasteiger partial charge in [-0.3, -0.25) is 10.1 Å². The Morgan fingerprint density at radius 2 is 2.05 bits per heavy atom. The molecule has 6 heteroatoms. The lowest BCUT2D eigenvalue weighted by atomic mass is 9.91. The summed E-state index contributed by atoms with van der Waals surface area (Å²) in [6, 6.07) is 8.82. The van der Waals surface area contributed by atoms with E-state index in [1.807, 2.05) is 12.1 Å². The quantitative estimate of drug-likeness (QED) is 0.668. The number of nitrogens with zero attached hydrogens (tertiary/aromatic N) is 2. The fourth-order valence-corrected chi connectivity index (χ4v) is 2.84. The van der Waals surface area contributed by atoms with Crippen molar-refractivity contribution in [1.29, 1.82) is 0 Å². The van der Waals surface area contributed by atoms with Crippen molar-refractivity contribution >= 4 is 22.4 Å². The maximum Gasteiger partial charge on any atom is 0.270 e. The summed E-state index contributed by atoms with van der Waals surface area (Å²) in [6.07, 6.45) is 4.47. The molecule has 1 aromatic heterocycles. The zero-order valence-corrected chi connectivity index (χ0v) is 11.7. The van der Waals surface area contributed by atoms with E-state index < -0.39 is 4.92 Å². The van der Waals surface area contributed by atoms with Gasteiger partial charge in [0.05, 0.1) is 10.4 Å². The SMILES string of the molecule is NC1CCCCC1Nc1ccc2cc([N+](=O)[O-])ccc2n1. The van der Waals surface area contributed by atoms with Gasteiger partial charge in [0.25, 0.3) is 5.69 Å². The topological polar surface area (TPSA) is 94.1 Å². The smallest absolute Gasteiger partial charge is 0.270 e. The molecule has 1 aliphatic carbocycles. The Balaban J connectivity index is 1.84. The number of hydrogen-bond donors (Lipinski definition) is 2. The van der Waals surface area contributed by atoms with Gasteiger partial charge in [0, 0.05) is 29.6 Å². The van der Waals surface area contributed by atoms with Crippen LogP contribution in [0.2, 0.25) is 0 Å². The molecule has 0 aliphatic heterocycles. The van der Waals surface area contributed by atoms with Crippen molar-refractivity contribution in [3.05, 3.63) is 40.4 Å². The van der Waals surface area contributed by atoms with Crippen molar-refractivity contribution in [3.8, 4) is 0 Å². The first-order valence-electron chi connectivity index (χ1n) is 7.21. The molecule has 0 radical (unpaired) electrons. The molecule has 0 amide bonds. The van der Waals surface area contributed by atoms with Gasteiger partial charge in [-0.25, -0.2) is 4.98 Å². The zero-order valence-electron chi connectivity index (χ0n) is 11.7. The summed E-state index contributed by atoms with van der Waals surface area (Å²) in [6.45, 7) is 0. The minimum absolute atomic E-state index is 0.0827. The number of nitrogens with one attached hydrogen (secondary N) is 1. The summed E-state index contributed by atoms with van der Waals surface area (Å²) in [5, 5.41) is 14.9. The first-order chi connectivity index (χ1) is 10.1. The lowest BCUT2D eigenvalue weighted by Crippen LogP contribution is -2.42. The molecule has 2 atom stereocenters. The van der Waals surface area contributed by atoms with Gasteiger partial charge < -0.3 is 11.1 Å². The average molecular weight is 286 g/mol. The van der Waals surface area contributed by atoms with Crippen molar-refractivity contribution in [2.24, 2.45) is 5.73 Å². The molecule has 6 nitrogen and oxygen atoms in total. The lowest BCUT2D eigenvalue weighted by Gasteiger charge is -2.29. The van der Waals surface area contributed by atoms with Gasteiger partial charge in [0.2, 0.25) is 0 Å². The van der Waals surface area contributed by atoms with Crippen LogP contribution in [-0.2, 0) is 0 Å². The van der Waals surface area contributed by atoms with Gasteiger partial charge in [0.1, 0.15) is 5.82 Å².